The second-order valence-corrected chi connectivity index (χ2v) is 6.29. The van der Waals surface area contributed by atoms with Gasteiger partial charge in [0.1, 0.15) is 0 Å². The first-order valence-electron chi connectivity index (χ1n) is 7.05. The van der Waals surface area contributed by atoms with E-state index in [0.717, 1.165) is 32.1 Å². The monoisotopic (exact) mass is 257 g/mol. The lowest BCUT2D eigenvalue weighted by Gasteiger charge is -2.41. The van der Waals surface area contributed by atoms with E-state index >= 15 is 0 Å². The van der Waals surface area contributed by atoms with Gasteiger partial charge in [-0.05, 0) is 60.3 Å². The van der Waals surface area contributed by atoms with Crippen LogP contribution in [0.5, 0.6) is 0 Å². The summed E-state index contributed by atoms with van der Waals surface area (Å²) in [5.74, 6) is 0. The molecule has 1 unspecified atom stereocenters. The predicted octanol–water partition coefficient (Wildman–Crippen LogP) is 1.15. The van der Waals surface area contributed by atoms with Gasteiger partial charge in [0.2, 0.25) is 0 Å². The Bertz CT molecular complexity index is 235. The van der Waals surface area contributed by atoms with Crippen LogP contribution in [0.25, 0.3) is 0 Å². The van der Waals surface area contributed by atoms with Crippen LogP contribution < -0.4 is 5.73 Å². The Morgan fingerprint density at radius 2 is 1.89 bits per heavy atom. The Morgan fingerprint density at radius 1 is 1.33 bits per heavy atom. The van der Waals surface area contributed by atoms with E-state index in [-0.39, 0.29) is 5.60 Å². The summed E-state index contributed by atoms with van der Waals surface area (Å²) < 4.78 is 5.53. The van der Waals surface area contributed by atoms with Gasteiger partial charge in [0, 0.05) is 25.7 Å². The van der Waals surface area contributed by atoms with Crippen LogP contribution in [0.15, 0.2) is 0 Å². The highest BCUT2D eigenvalue weighted by Crippen LogP contribution is 2.22. The van der Waals surface area contributed by atoms with Crippen molar-refractivity contribution in [1.29, 1.82) is 0 Å². The van der Waals surface area contributed by atoms with Crippen molar-refractivity contribution in [3.63, 3.8) is 0 Å². The maximum Gasteiger partial charge on any atom is 0.0638 e. The van der Waals surface area contributed by atoms with Crippen molar-refractivity contribution in [2.75, 3.05) is 40.8 Å². The summed E-state index contributed by atoms with van der Waals surface area (Å²) in [4.78, 5) is 4.88. The van der Waals surface area contributed by atoms with Crippen molar-refractivity contribution in [1.82, 2.24) is 9.80 Å². The molecule has 1 aliphatic rings. The molecule has 2 N–H and O–H groups in total. The maximum absolute atomic E-state index is 5.95. The third-order valence-electron chi connectivity index (χ3n) is 4.30. The highest BCUT2D eigenvalue weighted by Gasteiger charge is 2.29. The topological polar surface area (TPSA) is 41.7 Å². The normalized spacial score (nSPS) is 21.5. The zero-order chi connectivity index (χ0) is 13.8. The fourth-order valence-electron chi connectivity index (χ4n) is 2.78. The Balaban J connectivity index is 2.48. The van der Waals surface area contributed by atoms with Gasteiger partial charge in [-0.3, -0.25) is 4.90 Å². The second kappa shape index (κ2) is 6.85. The lowest BCUT2D eigenvalue weighted by molar-refractivity contribution is -0.0131. The fraction of sp³-hybridized carbons (Fsp3) is 1.00. The van der Waals surface area contributed by atoms with E-state index in [9.17, 15) is 0 Å². The Labute approximate surface area is 112 Å². The second-order valence-electron chi connectivity index (χ2n) is 6.29. The molecule has 0 aliphatic carbocycles. The molecule has 0 radical (unpaired) electrons. The molecule has 0 aromatic heterocycles. The molecule has 0 aromatic carbocycles. The molecule has 0 aromatic rings. The van der Waals surface area contributed by atoms with Gasteiger partial charge in [-0.2, -0.15) is 0 Å². The third-order valence-corrected chi connectivity index (χ3v) is 4.30. The minimum atomic E-state index is -0.0809. The van der Waals surface area contributed by atoms with Crippen LogP contribution in [0.2, 0.25) is 0 Å². The van der Waals surface area contributed by atoms with Gasteiger partial charge in [0.05, 0.1) is 5.60 Å². The first-order valence-corrected chi connectivity index (χ1v) is 7.05. The quantitative estimate of drug-likeness (QED) is 0.775. The number of likely N-dealkylation sites (tertiary alicyclic amines) is 1. The molecule has 1 atom stereocenters. The first kappa shape index (κ1) is 15.9. The van der Waals surface area contributed by atoms with Gasteiger partial charge in [0.25, 0.3) is 0 Å². The number of nitrogens with zero attached hydrogens (tertiary/aromatic N) is 2. The van der Waals surface area contributed by atoms with Crippen molar-refractivity contribution in [2.45, 2.75) is 50.8 Å². The molecule has 1 saturated heterocycles. The number of piperidine rings is 1. The minimum Gasteiger partial charge on any atom is -0.379 e. The molecule has 4 heteroatoms. The van der Waals surface area contributed by atoms with Crippen LogP contribution in [-0.2, 0) is 4.74 Å². The van der Waals surface area contributed by atoms with Crippen LogP contribution in [0.4, 0.5) is 0 Å². The summed E-state index contributed by atoms with van der Waals surface area (Å²) >= 11 is 0. The van der Waals surface area contributed by atoms with E-state index in [0.29, 0.717) is 6.04 Å². The molecule has 1 aliphatic heterocycles. The van der Waals surface area contributed by atoms with E-state index in [1.165, 1.54) is 12.8 Å². The SMILES string of the molecule is COC(C)(C)CC(CN)N1CCC(N(C)C)CC1. The van der Waals surface area contributed by atoms with Gasteiger partial charge < -0.3 is 15.4 Å². The summed E-state index contributed by atoms with van der Waals surface area (Å²) in [6.07, 6.45) is 3.50. The Kier molecular flexibility index (Phi) is 6.05. The number of rotatable bonds is 6. The molecule has 1 heterocycles. The summed E-state index contributed by atoms with van der Waals surface area (Å²) in [5, 5.41) is 0. The minimum absolute atomic E-state index is 0.0809. The Morgan fingerprint density at radius 3 is 2.28 bits per heavy atom. The van der Waals surface area contributed by atoms with Crippen molar-refractivity contribution < 1.29 is 4.74 Å². The summed E-state index contributed by atoms with van der Waals surface area (Å²) in [7, 11) is 6.13. The number of ether oxygens (including phenoxy) is 1. The van der Waals surface area contributed by atoms with Crippen LogP contribution in [0.1, 0.15) is 33.1 Å². The van der Waals surface area contributed by atoms with Crippen molar-refractivity contribution in [3.8, 4) is 0 Å². The Hall–Kier alpha value is -0.160. The standard InChI is InChI=1S/C14H31N3O/c1-14(2,18-5)10-13(11-15)17-8-6-12(7-9-17)16(3)4/h12-13H,6-11,15H2,1-5H3. The number of hydrogen-bond donors (Lipinski definition) is 1. The average molecular weight is 257 g/mol. The fourth-order valence-corrected chi connectivity index (χ4v) is 2.78. The highest BCUT2D eigenvalue weighted by molar-refractivity contribution is 4.86. The lowest BCUT2D eigenvalue weighted by atomic mass is 9.95. The molecule has 0 saturated carbocycles. The van der Waals surface area contributed by atoms with Crippen molar-refractivity contribution >= 4 is 0 Å². The number of methoxy groups -OCH3 is 1. The lowest BCUT2D eigenvalue weighted by Crippen LogP contribution is -2.51. The van der Waals surface area contributed by atoms with Gasteiger partial charge >= 0.3 is 0 Å². The molecule has 1 fully saturated rings. The molecule has 1 rings (SSSR count). The summed E-state index contributed by atoms with van der Waals surface area (Å²) in [6, 6.07) is 1.18. The molecule has 4 nitrogen and oxygen atoms in total. The molecule has 0 bridgehead atoms. The van der Waals surface area contributed by atoms with Crippen LogP contribution in [0, 0.1) is 0 Å². The third kappa shape index (κ3) is 4.50. The van der Waals surface area contributed by atoms with E-state index in [4.69, 9.17) is 10.5 Å². The molecule has 108 valence electrons. The number of nitrogens with two attached hydrogens (primary N) is 1. The maximum atomic E-state index is 5.95. The van der Waals surface area contributed by atoms with Crippen LogP contribution in [-0.4, -0.2) is 68.3 Å². The summed E-state index contributed by atoms with van der Waals surface area (Å²) in [5.41, 5.74) is 5.87. The van der Waals surface area contributed by atoms with E-state index in [1.807, 2.05) is 0 Å². The zero-order valence-corrected chi connectivity index (χ0v) is 12.8. The van der Waals surface area contributed by atoms with Gasteiger partial charge in [-0.15, -0.1) is 0 Å². The predicted molar refractivity (Wildman–Crippen MR) is 76.8 cm³/mol. The molecule has 0 amide bonds. The average Bonchev–Trinajstić information content (AvgIpc) is 2.36. The van der Waals surface area contributed by atoms with Crippen LogP contribution in [0.3, 0.4) is 0 Å². The first-order chi connectivity index (χ1) is 8.39. The molecule has 0 spiro atoms. The zero-order valence-electron chi connectivity index (χ0n) is 12.8. The van der Waals surface area contributed by atoms with Crippen molar-refractivity contribution in [3.05, 3.63) is 0 Å². The van der Waals surface area contributed by atoms with Crippen molar-refractivity contribution in [2.24, 2.45) is 5.73 Å². The van der Waals surface area contributed by atoms with Gasteiger partial charge in [-0.1, -0.05) is 0 Å². The van der Waals surface area contributed by atoms with E-state index < -0.39 is 0 Å². The highest BCUT2D eigenvalue weighted by atomic mass is 16.5. The number of hydrogen-bond acceptors (Lipinski definition) is 4. The van der Waals surface area contributed by atoms with Gasteiger partial charge in [0.15, 0.2) is 0 Å². The van der Waals surface area contributed by atoms with Gasteiger partial charge in [-0.25, -0.2) is 0 Å². The van der Waals surface area contributed by atoms with E-state index in [1.54, 1.807) is 7.11 Å². The van der Waals surface area contributed by atoms with E-state index in [2.05, 4.69) is 37.7 Å². The van der Waals surface area contributed by atoms with Crippen LogP contribution >= 0.6 is 0 Å². The largest absolute Gasteiger partial charge is 0.379 e. The molecular formula is C14H31N3O. The molecule has 18 heavy (non-hydrogen) atoms. The molecular weight excluding hydrogens is 226 g/mol. The summed E-state index contributed by atoms with van der Waals surface area (Å²) in [6.45, 7) is 7.32. The smallest absolute Gasteiger partial charge is 0.0638 e.